The number of hydrogen-bond donors (Lipinski definition) is 1. The van der Waals surface area contributed by atoms with Crippen LogP contribution in [0.5, 0.6) is 0 Å². The lowest BCUT2D eigenvalue weighted by Crippen LogP contribution is -2.47. The van der Waals surface area contributed by atoms with E-state index in [1.54, 1.807) is 10.6 Å². The highest BCUT2D eigenvalue weighted by atomic mass is 35.5. The molecule has 1 aliphatic rings. The molecule has 0 radical (unpaired) electrons. The second-order valence-corrected chi connectivity index (χ2v) is 10.7. The van der Waals surface area contributed by atoms with Gasteiger partial charge in [-0.2, -0.15) is 0 Å². The quantitative estimate of drug-likeness (QED) is 0.334. The summed E-state index contributed by atoms with van der Waals surface area (Å²) in [5.74, 6) is -0.0551. The number of carbonyl (C=O) groups is 1. The summed E-state index contributed by atoms with van der Waals surface area (Å²) in [5.41, 5.74) is 6.20. The number of benzene rings is 2. The van der Waals surface area contributed by atoms with Gasteiger partial charge in [-0.3, -0.25) is 14.2 Å². The summed E-state index contributed by atoms with van der Waals surface area (Å²) >= 11 is 7.48. The van der Waals surface area contributed by atoms with Gasteiger partial charge in [0, 0.05) is 47.8 Å². The number of aryl methyl sites for hydroxylation is 2. The summed E-state index contributed by atoms with van der Waals surface area (Å²) in [6.07, 6.45) is 1.55. The standard InChI is InChI=1S/C30H31ClN4O2S/c1-4-20-7-6-8-21(5-2)27(20)35-19(3)24(29(36)34-15-13-32-14-16-34)17-25(30(35)37)28-33-26(18-38-28)22-9-11-23(31)12-10-22/h6-12,17-18,32H,4-5,13-16H2,1-3H3. The Balaban J connectivity index is 1.73. The molecule has 1 fully saturated rings. The van der Waals surface area contributed by atoms with E-state index in [0.29, 0.717) is 39.9 Å². The third kappa shape index (κ3) is 4.94. The highest BCUT2D eigenvalue weighted by molar-refractivity contribution is 7.13. The number of thiazole rings is 1. The van der Waals surface area contributed by atoms with Gasteiger partial charge >= 0.3 is 0 Å². The molecule has 0 spiro atoms. The molecule has 0 saturated carbocycles. The predicted octanol–water partition coefficient (Wildman–Crippen LogP) is 5.76. The molecule has 6 nitrogen and oxygen atoms in total. The fourth-order valence-corrected chi connectivity index (χ4v) is 6.00. The number of aromatic nitrogens is 2. The molecule has 3 heterocycles. The van der Waals surface area contributed by atoms with Gasteiger partial charge in [0.2, 0.25) is 0 Å². The minimum atomic E-state index is -0.160. The molecule has 0 aliphatic carbocycles. The average Bonchev–Trinajstić information content (AvgIpc) is 3.43. The minimum Gasteiger partial charge on any atom is -0.336 e. The minimum absolute atomic E-state index is 0.0551. The zero-order chi connectivity index (χ0) is 26.8. The van der Waals surface area contributed by atoms with Crippen LogP contribution in [0.15, 0.2) is 58.7 Å². The third-order valence-corrected chi connectivity index (χ3v) is 8.27. The summed E-state index contributed by atoms with van der Waals surface area (Å²) < 4.78 is 1.76. The van der Waals surface area contributed by atoms with Crippen molar-refractivity contribution in [3.63, 3.8) is 0 Å². The summed E-state index contributed by atoms with van der Waals surface area (Å²) in [7, 11) is 0. The number of nitrogens with one attached hydrogen (secondary N) is 1. The molecule has 1 aliphatic heterocycles. The van der Waals surface area contributed by atoms with E-state index in [2.05, 4.69) is 31.3 Å². The van der Waals surface area contributed by atoms with Crippen molar-refractivity contribution in [3.8, 4) is 27.5 Å². The molecule has 0 atom stereocenters. The van der Waals surface area contributed by atoms with Crippen LogP contribution in [0, 0.1) is 6.92 Å². The Bertz CT molecular complexity index is 1510. The van der Waals surface area contributed by atoms with Crippen LogP contribution < -0.4 is 10.9 Å². The van der Waals surface area contributed by atoms with Crippen LogP contribution in [0.1, 0.15) is 41.0 Å². The lowest BCUT2D eigenvalue weighted by molar-refractivity contribution is 0.0734. The number of hydrogen-bond acceptors (Lipinski definition) is 5. The van der Waals surface area contributed by atoms with Gasteiger partial charge in [-0.15, -0.1) is 11.3 Å². The Morgan fingerprint density at radius 3 is 2.34 bits per heavy atom. The van der Waals surface area contributed by atoms with Gasteiger partial charge in [0.25, 0.3) is 11.5 Å². The number of carbonyl (C=O) groups excluding carboxylic acids is 1. The van der Waals surface area contributed by atoms with Gasteiger partial charge < -0.3 is 10.2 Å². The van der Waals surface area contributed by atoms with Crippen LogP contribution in [0.25, 0.3) is 27.5 Å². The first-order chi connectivity index (χ1) is 18.4. The van der Waals surface area contributed by atoms with E-state index < -0.39 is 0 Å². The Labute approximate surface area is 231 Å². The maximum Gasteiger partial charge on any atom is 0.265 e. The first-order valence-electron chi connectivity index (χ1n) is 13.0. The third-order valence-electron chi connectivity index (χ3n) is 7.15. The van der Waals surface area contributed by atoms with Gasteiger partial charge in [-0.25, -0.2) is 4.98 Å². The van der Waals surface area contributed by atoms with Crippen molar-refractivity contribution in [2.75, 3.05) is 26.2 Å². The van der Waals surface area contributed by atoms with Crippen LogP contribution in [0.3, 0.4) is 0 Å². The molecule has 4 aromatic rings. The second-order valence-electron chi connectivity index (χ2n) is 9.42. The first-order valence-corrected chi connectivity index (χ1v) is 14.3. The topological polar surface area (TPSA) is 67.2 Å². The fraction of sp³-hybridized carbons (Fsp3) is 0.300. The SMILES string of the molecule is CCc1cccc(CC)c1-n1c(C)c(C(=O)N2CCNCC2)cc(-c2nc(-c3ccc(Cl)cc3)cs2)c1=O. The van der Waals surface area contributed by atoms with Crippen LogP contribution in [0.4, 0.5) is 0 Å². The van der Waals surface area contributed by atoms with Crippen LogP contribution in [-0.2, 0) is 12.8 Å². The van der Waals surface area contributed by atoms with Crippen LogP contribution >= 0.6 is 22.9 Å². The summed E-state index contributed by atoms with van der Waals surface area (Å²) in [4.78, 5) is 34.8. The maximum atomic E-state index is 14.2. The van der Waals surface area contributed by atoms with Gasteiger partial charge in [0.15, 0.2) is 0 Å². The predicted molar refractivity (Wildman–Crippen MR) is 156 cm³/mol. The smallest absolute Gasteiger partial charge is 0.265 e. The van der Waals surface area contributed by atoms with E-state index in [1.807, 2.05) is 47.5 Å². The summed E-state index contributed by atoms with van der Waals surface area (Å²) in [6.45, 7) is 8.85. The number of pyridine rings is 1. The Morgan fingerprint density at radius 1 is 1.05 bits per heavy atom. The molecule has 2 aromatic heterocycles. The molecular weight excluding hydrogens is 516 g/mol. The van der Waals surface area contributed by atoms with Gasteiger partial charge in [-0.1, -0.05) is 55.8 Å². The number of piperazine rings is 1. The zero-order valence-electron chi connectivity index (χ0n) is 21.9. The molecule has 0 unspecified atom stereocenters. The number of amides is 1. The normalized spacial score (nSPS) is 13.6. The molecule has 1 N–H and O–H groups in total. The van der Waals surface area contributed by atoms with Crippen molar-refractivity contribution in [1.82, 2.24) is 19.8 Å². The molecule has 1 saturated heterocycles. The van der Waals surface area contributed by atoms with Crippen molar-refractivity contribution in [3.05, 3.63) is 91.7 Å². The zero-order valence-corrected chi connectivity index (χ0v) is 23.5. The highest BCUT2D eigenvalue weighted by Gasteiger charge is 2.26. The van der Waals surface area contributed by atoms with Crippen molar-refractivity contribution >= 4 is 28.8 Å². The van der Waals surface area contributed by atoms with Gasteiger partial charge in [-0.05, 0) is 49.1 Å². The van der Waals surface area contributed by atoms with E-state index >= 15 is 0 Å². The lowest BCUT2D eigenvalue weighted by atomic mass is 10.0. The molecule has 1 amide bonds. The number of halogens is 1. The largest absolute Gasteiger partial charge is 0.336 e. The highest BCUT2D eigenvalue weighted by Crippen LogP contribution is 2.31. The molecule has 0 bridgehead atoms. The van der Waals surface area contributed by atoms with Crippen molar-refractivity contribution in [2.24, 2.45) is 0 Å². The molecule has 5 rings (SSSR count). The molecule has 196 valence electrons. The Morgan fingerprint density at radius 2 is 1.71 bits per heavy atom. The number of para-hydroxylation sites is 1. The molecule has 8 heteroatoms. The average molecular weight is 547 g/mol. The monoisotopic (exact) mass is 546 g/mol. The van der Waals surface area contributed by atoms with Crippen molar-refractivity contribution in [1.29, 1.82) is 0 Å². The molecule has 38 heavy (non-hydrogen) atoms. The number of nitrogens with zero attached hydrogens (tertiary/aromatic N) is 3. The van der Waals surface area contributed by atoms with E-state index in [4.69, 9.17) is 16.6 Å². The summed E-state index contributed by atoms with van der Waals surface area (Å²) in [6, 6.07) is 15.4. The van der Waals surface area contributed by atoms with E-state index in [9.17, 15) is 9.59 Å². The second kappa shape index (κ2) is 11.2. The van der Waals surface area contributed by atoms with E-state index in [1.165, 1.54) is 11.3 Å². The molecular formula is C30H31ClN4O2S. The lowest BCUT2D eigenvalue weighted by Gasteiger charge is -2.29. The Kier molecular flexibility index (Phi) is 7.79. The fourth-order valence-electron chi connectivity index (χ4n) is 5.03. The maximum absolute atomic E-state index is 14.2. The molecule has 2 aromatic carbocycles. The van der Waals surface area contributed by atoms with E-state index in [-0.39, 0.29) is 11.5 Å². The van der Waals surface area contributed by atoms with Crippen molar-refractivity contribution < 1.29 is 4.79 Å². The Hall–Kier alpha value is -3.26. The van der Waals surface area contributed by atoms with Crippen LogP contribution in [0.2, 0.25) is 5.02 Å². The van der Waals surface area contributed by atoms with Crippen molar-refractivity contribution in [2.45, 2.75) is 33.6 Å². The van der Waals surface area contributed by atoms with Gasteiger partial charge in [0.05, 0.1) is 22.5 Å². The number of rotatable bonds is 6. The van der Waals surface area contributed by atoms with Crippen LogP contribution in [-0.4, -0.2) is 46.5 Å². The summed E-state index contributed by atoms with van der Waals surface area (Å²) in [5, 5.41) is 6.50. The van der Waals surface area contributed by atoms with E-state index in [0.717, 1.165) is 54.0 Å². The van der Waals surface area contributed by atoms with Gasteiger partial charge in [0.1, 0.15) is 5.01 Å². The first kappa shape index (κ1) is 26.4.